The third kappa shape index (κ3) is 2.60. The molecule has 0 spiro atoms. The van der Waals surface area contributed by atoms with E-state index in [9.17, 15) is 0 Å². The Labute approximate surface area is 104 Å². The first kappa shape index (κ1) is 12.4. The van der Waals surface area contributed by atoms with Crippen LogP contribution in [-0.2, 0) is 6.54 Å². The van der Waals surface area contributed by atoms with Crippen LogP contribution in [0.2, 0.25) is 0 Å². The zero-order chi connectivity index (χ0) is 12.3. The highest BCUT2D eigenvalue weighted by molar-refractivity contribution is 5.54. The van der Waals surface area contributed by atoms with Crippen LogP contribution in [0.25, 0.3) is 0 Å². The first-order valence-corrected chi connectivity index (χ1v) is 6.56. The Hall–Kier alpha value is -1.09. The van der Waals surface area contributed by atoms with Crippen LogP contribution in [0.5, 0.6) is 0 Å². The van der Waals surface area contributed by atoms with E-state index >= 15 is 0 Å². The monoisotopic (exact) mass is 233 g/mol. The van der Waals surface area contributed by atoms with Gasteiger partial charge in [0.2, 0.25) is 0 Å². The van der Waals surface area contributed by atoms with Crippen LogP contribution in [0.3, 0.4) is 0 Å². The van der Waals surface area contributed by atoms with Crippen molar-refractivity contribution in [1.29, 1.82) is 0 Å². The third-order valence-corrected chi connectivity index (χ3v) is 3.64. The van der Waals surface area contributed by atoms with E-state index in [4.69, 9.17) is 0 Å². The smallest absolute Gasteiger partial charge is 0.0602 e. The molecule has 0 amide bonds. The highest BCUT2D eigenvalue weighted by Crippen LogP contribution is 2.34. The molecule has 1 aromatic rings. The van der Waals surface area contributed by atoms with Crippen molar-refractivity contribution in [2.75, 3.05) is 18.0 Å². The van der Waals surface area contributed by atoms with Crippen molar-refractivity contribution < 1.29 is 0 Å². The molecule has 0 aliphatic carbocycles. The molecule has 3 heteroatoms. The summed E-state index contributed by atoms with van der Waals surface area (Å²) in [7, 11) is 0. The second kappa shape index (κ2) is 5.05. The summed E-state index contributed by atoms with van der Waals surface area (Å²) in [6.07, 6.45) is 6.45. The maximum absolute atomic E-state index is 4.29. The SMILES string of the molecule is CCNCc1ccncc1N1CCCC1(C)C. The summed E-state index contributed by atoms with van der Waals surface area (Å²) >= 11 is 0. The van der Waals surface area contributed by atoms with Crippen molar-refractivity contribution in [3.8, 4) is 0 Å². The molecule has 0 saturated carbocycles. The van der Waals surface area contributed by atoms with Gasteiger partial charge in [-0.05, 0) is 44.9 Å². The second-order valence-corrected chi connectivity index (χ2v) is 5.35. The van der Waals surface area contributed by atoms with Gasteiger partial charge in [0.05, 0.1) is 11.9 Å². The predicted molar refractivity (Wildman–Crippen MR) is 72.3 cm³/mol. The van der Waals surface area contributed by atoms with Crippen molar-refractivity contribution in [3.63, 3.8) is 0 Å². The fourth-order valence-corrected chi connectivity index (χ4v) is 2.62. The Balaban J connectivity index is 2.25. The fourth-order valence-electron chi connectivity index (χ4n) is 2.62. The van der Waals surface area contributed by atoms with E-state index in [-0.39, 0.29) is 5.54 Å². The molecule has 1 aliphatic rings. The van der Waals surface area contributed by atoms with E-state index in [2.05, 4.69) is 42.0 Å². The quantitative estimate of drug-likeness (QED) is 0.866. The lowest BCUT2D eigenvalue weighted by Gasteiger charge is -2.34. The molecule has 3 nitrogen and oxygen atoms in total. The standard InChI is InChI=1S/C14H23N3/c1-4-15-10-12-6-8-16-11-13(12)17-9-5-7-14(17,2)3/h6,8,11,15H,4-5,7,9-10H2,1-3H3. The van der Waals surface area contributed by atoms with Crippen LogP contribution in [0, 0.1) is 0 Å². The van der Waals surface area contributed by atoms with Crippen molar-refractivity contribution in [2.24, 2.45) is 0 Å². The largest absolute Gasteiger partial charge is 0.365 e. The van der Waals surface area contributed by atoms with Gasteiger partial charge in [-0.15, -0.1) is 0 Å². The van der Waals surface area contributed by atoms with Crippen LogP contribution in [-0.4, -0.2) is 23.6 Å². The van der Waals surface area contributed by atoms with E-state index in [0.717, 1.165) is 19.6 Å². The Morgan fingerprint density at radius 3 is 2.94 bits per heavy atom. The summed E-state index contributed by atoms with van der Waals surface area (Å²) in [5.41, 5.74) is 2.93. The highest BCUT2D eigenvalue weighted by Gasteiger charge is 2.32. The molecule has 1 N–H and O–H groups in total. The first-order chi connectivity index (χ1) is 8.15. The van der Waals surface area contributed by atoms with Gasteiger partial charge in [0.1, 0.15) is 0 Å². The predicted octanol–water partition coefficient (Wildman–Crippen LogP) is 2.57. The number of nitrogens with one attached hydrogen (secondary N) is 1. The molecule has 0 atom stereocenters. The lowest BCUT2D eigenvalue weighted by Crippen LogP contribution is -2.39. The molecule has 0 bridgehead atoms. The highest BCUT2D eigenvalue weighted by atomic mass is 15.2. The minimum atomic E-state index is 0.268. The van der Waals surface area contributed by atoms with E-state index in [0.29, 0.717) is 0 Å². The second-order valence-electron chi connectivity index (χ2n) is 5.35. The topological polar surface area (TPSA) is 28.2 Å². The van der Waals surface area contributed by atoms with Crippen LogP contribution < -0.4 is 10.2 Å². The minimum absolute atomic E-state index is 0.268. The van der Waals surface area contributed by atoms with Gasteiger partial charge in [0.25, 0.3) is 0 Å². The Morgan fingerprint density at radius 2 is 2.29 bits per heavy atom. The molecule has 1 fully saturated rings. The number of nitrogens with zero attached hydrogens (tertiary/aromatic N) is 2. The zero-order valence-corrected chi connectivity index (χ0v) is 11.2. The molecule has 1 saturated heterocycles. The molecule has 17 heavy (non-hydrogen) atoms. The average Bonchev–Trinajstić information content (AvgIpc) is 2.66. The zero-order valence-electron chi connectivity index (χ0n) is 11.2. The minimum Gasteiger partial charge on any atom is -0.365 e. The van der Waals surface area contributed by atoms with E-state index in [1.54, 1.807) is 0 Å². The fraction of sp³-hybridized carbons (Fsp3) is 0.643. The first-order valence-electron chi connectivity index (χ1n) is 6.56. The van der Waals surface area contributed by atoms with Gasteiger partial charge >= 0.3 is 0 Å². The van der Waals surface area contributed by atoms with Crippen molar-refractivity contribution >= 4 is 5.69 Å². The molecular weight excluding hydrogens is 210 g/mol. The van der Waals surface area contributed by atoms with Crippen LogP contribution in [0.1, 0.15) is 39.2 Å². The van der Waals surface area contributed by atoms with Crippen molar-refractivity contribution in [1.82, 2.24) is 10.3 Å². The van der Waals surface area contributed by atoms with Gasteiger partial charge in [-0.25, -0.2) is 0 Å². The number of hydrogen-bond acceptors (Lipinski definition) is 3. The van der Waals surface area contributed by atoms with E-state index < -0.39 is 0 Å². The van der Waals surface area contributed by atoms with Crippen LogP contribution in [0.15, 0.2) is 18.5 Å². The number of hydrogen-bond donors (Lipinski definition) is 1. The number of aromatic nitrogens is 1. The normalized spacial score (nSPS) is 18.6. The molecule has 1 aromatic heterocycles. The maximum atomic E-state index is 4.29. The molecule has 0 aromatic carbocycles. The van der Waals surface area contributed by atoms with Crippen molar-refractivity contribution in [3.05, 3.63) is 24.0 Å². The molecular formula is C14H23N3. The molecule has 0 unspecified atom stereocenters. The molecule has 0 radical (unpaired) electrons. The Morgan fingerprint density at radius 1 is 1.47 bits per heavy atom. The molecule has 94 valence electrons. The summed E-state index contributed by atoms with van der Waals surface area (Å²) in [5.74, 6) is 0. The van der Waals surface area contributed by atoms with Gasteiger partial charge in [-0.1, -0.05) is 6.92 Å². The molecule has 2 heterocycles. The third-order valence-electron chi connectivity index (χ3n) is 3.64. The Kier molecular flexibility index (Phi) is 3.67. The molecule has 2 rings (SSSR count). The summed E-state index contributed by atoms with van der Waals surface area (Å²) in [5, 5.41) is 3.40. The number of anilines is 1. The van der Waals surface area contributed by atoms with Gasteiger partial charge in [0.15, 0.2) is 0 Å². The number of rotatable bonds is 4. The lowest BCUT2D eigenvalue weighted by atomic mass is 10.0. The Bertz CT molecular complexity index is 373. The van der Waals surface area contributed by atoms with E-state index in [1.165, 1.54) is 24.1 Å². The van der Waals surface area contributed by atoms with E-state index in [1.807, 2.05) is 12.4 Å². The average molecular weight is 233 g/mol. The van der Waals surface area contributed by atoms with Gasteiger partial charge < -0.3 is 10.2 Å². The van der Waals surface area contributed by atoms with Gasteiger partial charge in [0, 0.05) is 24.8 Å². The van der Waals surface area contributed by atoms with Crippen LogP contribution >= 0.6 is 0 Å². The summed E-state index contributed by atoms with van der Waals surface area (Å²) in [4.78, 5) is 6.80. The summed E-state index contributed by atoms with van der Waals surface area (Å²) < 4.78 is 0. The maximum Gasteiger partial charge on any atom is 0.0602 e. The summed E-state index contributed by atoms with van der Waals surface area (Å²) in [6, 6.07) is 2.13. The van der Waals surface area contributed by atoms with Crippen LogP contribution in [0.4, 0.5) is 5.69 Å². The summed E-state index contributed by atoms with van der Waals surface area (Å²) in [6.45, 7) is 9.87. The number of pyridine rings is 1. The van der Waals surface area contributed by atoms with Gasteiger partial charge in [-0.3, -0.25) is 4.98 Å². The van der Waals surface area contributed by atoms with Gasteiger partial charge in [-0.2, -0.15) is 0 Å². The van der Waals surface area contributed by atoms with Crippen molar-refractivity contribution in [2.45, 2.75) is 45.7 Å². The molecule has 1 aliphatic heterocycles. The lowest BCUT2D eigenvalue weighted by molar-refractivity contribution is 0.515.